The zero-order valence-electron chi connectivity index (χ0n) is 6.95. The molecule has 0 bridgehead atoms. The molecule has 0 saturated carbocycles. The van der Waals surface area contributed by atoms with Gasteiger partial charge in [-0.05, 0) is 0 Å². The molecule has 0 amide bonds. The molecule has 1 aromatic heterocycles. The van der Waals surface area contributed by atoms with Crippen LogP contribution >= 0.6 is 22.9 Å². The van der Waals surface area contributed by atoms with Crippen molar-refractivity contribution in [1.82, 2.24) is 10.2 Å². The van der Waals surface area contributed by atoms with E-state index in [1.54, 1.807) is 0 Å². The van der Waals surface area contributed by atoms with Gasteiger partial charge in [0.15, 0.2) is 0 Å². The van der Waals surface area contributed by atoms with Crippen LogP contribution in [0.15, 0.2) is 4.34 Å². The molecule has 0 atom stereocenters. The lowest BCUT2D eigenvalue weighted by atomic mass is 10.7. The number of aromatic nitrogens is 2. The molecule has 0 aliphatic carbocycles. The highest BCUT2D eigenvalue weighted by atomic mass is 35.5. The number of nitrogens with zero attached hydrogens (tertiary/aromatic N) is 2. The van der Waals surface area contributed by atoms with Crippen molar-refractivity contribution in [3.05, 3.63) is 5.01 Å². The maximum absolute atomic E-state index is 12.1. The summed E-state index contributed by atoms with van der Waals surface area (Å²) in [5.74, 6) is -0.662. The van der Waals surface area contributed by atoms with E-state index in [1.807, 2.05) is 0 Å². The summed E-state index contributed by atoms with van der Waals surface area (Å²) in [6.45, 7) is 0. The van der Waals surface area contributed by atoms with Crippen LogP contribution in [0.5, 0.6) is 0 Å². The van der Waals surface area contributed by atoms with E-state index in [0.717, 1.165) is 0 Å². The highest BCUT2D eigenvalue weighted by Crippen LogP contribution is 2.32. The smallest absolute Gasteiger partial charge is 0.221 e. The summed E-state index contributed by atoms with van der Waals surface area (Å²) >= 11 is 5.18. The lowest BCUT2D eigenvalue weighted by Crippen LogP contribution is -2.07. The Labute approximate surface area is 92.0 Å². The summed E-state index contributed by atoms with van der Waals surface area (Å²) in [5, 5.41) is 4.45. The van der Waals surface area contributed by atoms with E-state index in [4.69, 9.17) is 11.6 Å². The van der Waals surface area contributed by atoms with Gasteiger partial charge in [0.25, 0.3) is 0 Å². The molecule has 1 heterocycles. The third-order valence-electron chi connectivity index (χ3n) is 1.26. The van der Waals surface area contributed by atoms with Crippen LogP contribution in [0.25, 0.3) is 0 Å². The van der Waals surface area contributed by atoms with Gasteiger partial charge in [-0.3, -0.25) is 0 Å². The second-order valence-electron chi connectivity index (χ2n) is 2.38. The van der Waals surface area contributed by atoms with Gasteiger partial charge in [-0.2, -0.15) is 13.2 Å². The van der Waals surface area contributed by atoms with E-state index < -0.39 is 31.1 Å². The molecule has 15 heavy (non-hydrogen) atoms. The van der Waals surface area contributed by atoms with Crippen LogP contribution in [-0.4, -0.2) is 30.2 Å². The number of alkyl halides is 4. The van der Waals surface area contributed by atoms with Crippen molar-refractivity contribution in [3.63, 3.8) is 0 Å². The lowest BCUT2D eigenvalue weighted by Gasteiger charge is -1.97. The molecule has 4 nitrogen and oxygen atoms in total. The van der Waals surface area contributed by atoms with Crippen molar-refractivity contribution in [2.45, 2.75) is 10.5 Å². The van der Waals surface area contributed by atoms with Gasteiger partial charge in [-0.15, -0.1) is 21.8 Å². The molecule has 0 aliphatic rings. The molecular weight excluding hydrogens is 277 g/mol. The second-order valence-corrected chi connectivity index (χ2v) is 6.02. The van der Waals surface area contributed by atoms with Crippen molar-refractivity contribution in [1.29, 1.82) is 0 Å². The third-order valence-corrected chi connectivity index (χ3v) is 4.80. The molecule has 1 rings (SSSR count). The number of rotatable bonds is 3. The van der Waals surface area contributed by atoms with Crippen LogP contribution in [0.4, 0.5) is 13.2 Å². The Balaban J connectivity index is 3.05. The van der Waals surface area contributed by atoms with Crippen molar-refractivity contribution < 1.29 is 21.6 Å². The highest BCUT2D eigenvalue weighted by Gasteiger charge is 2.37. The fraction of sp³-hybridized carbons (Fsp3) is 0.600. The van der Waals surface area contributed by atoms with Crippen molar-refractivity contribution in [2.75, 3.05) is 11.6 Å². The van der Waals surface area contributed by atoms with Gasteiger partial charge >= 0.3 is 6.18 Å². The average Bonchev–Trinajstić information content (AvgIpc) is 2.50. The molecule has 0 unspecified atom stereocenters. The number of sulfone groups is 1. The molecule has 86 valence electrons. The number of hydrogen-bond acceptors (Lipinski definition) is 5. The van der Waals surface area contributed by atoms with E-state index in [1.165, 1.54) is 0 Å². The summed E-state index contributed by atoms with van der Waals surface area (Å²) in [6.07, 6.45) is -4.67. The number of halogens is 4. The molecule has 10 heteroatoms. The summed E-state index contributed by atoms with van der Waals surface area (Å²) in [7, 11) is -3.84. The minimum absolute atomic E-state index is 0.00711. The molecule has 0 fully saturated rings. The molecular formula is C5H4ClF3N2O2S2. The Morgan fingerprint density at radius 2 is 1.93 bits per heavy atom. The monoisotopic (exact) mass is 280 g/mol. The minimum Gasteiger partial charge on any atom is -0.221 e. The summed E-state index contributed by atoms with van der Waals surface area (Å²) < 4.78 is 58.0. The fourth-order valence-corrected chi connectivity index (χ4v) is 3.23. The fourth-order valence-electron chi connectivity index (χ4n) is 0.639. The molecule has 0 radical (unpaired) electrons. The summed E-state index contributed by atoms with van der Waals surface area (Å²) in [5.41, 5.74) is 0. The topological polar surface area (TPSA) is 59.9 Å². The Bertz CT molecular complexity index is 441. The Morgan fingerprint density at radius 3 is 2.33 bits per heavy atom. The average molecular weight is 281 g/mol. The standard InChI is InChI=1S/C5H4ClF3N2O2S2/c6-1-2-15(12,13)4-11-10-3(14-4)5(7,8)9/h1-2H2. The Hall–Kier alpha value is -0.410. The lowest BCUT2D eigenvalue weighted by molar-refractivity contribution is -0.138. The van der Waals surface area contributed by atoms with Crippen LogP contribution in [-0.2, 0) is 16.0 Å². The largest absolute Gasteiger partial charge is 0.445 e. The maximum atomic E-state index is 12.1. The first-order valence-corrected chi connectivity index (χ1v) is 6.47. The van der Waals surface area contributed by atoms with Gasteiger partial charge in [0.05, 0.1) is 5.75 Å². The first-order chi connectivity index (χ1) is 6.77. The third kappa shape index (κ3) is 3.02. The van der Waals surface area contributed by atoms with E-state index in [-0.39, 0.29) is 17.2 Å². The van der Waals surface area contributed by atoms with Gasteiger partial charge in [0.1, 0.15) is 0 Å². The first kappa shape index (κ1) is 12.7. The van der Waals surface area contributed by atoms with Crippen molar-refractivity contribution >= 4 is 32.8 Å². The zero-order chi connectivity index (χ0) is 11.7. The van der Waals surface area contributed by atoms with Crippen LogP contribution in [0.1, 0.15) is 5.01 Å². The molecule has 0 aliphatic heterocycles. The normalized spacial score (nSPS) is 13.1. The predicted molar refractivity (Wildman–Crippen MR) is 47.7 cm³/mol. The molecule has 0 aromatic carbocycles. The van der Waals surface area contributed by atoms with E-state index >= 15 is 0 Å². The van der Waals surface area contributed by atoms with Gasteiger partial charge in [-0.1, -0.05) is 11.3 Å². The van der Waals surface area contributed by atoms with Crippen molar-refractivity contribution in [3.8, 4) is 0 Å². The van der Waals surface area contributed by atoms with Crippen molar-refractivity contribution in [2.24, 2.45) is 0 Å². The van der Waals surface area contributed by atoms with Crippen LogP contribution < -0.4 is 0 Å². The highest BCUT2D eigenvalue weighted by molar-refractivity contribution is 7.93. The maximum Gasteiger partial charge on any atom is 0.445 e. The van der Waals surface area contributed by atoms with E-state index in [2.05, 4.69) is 10.2 Å². The molecule has 0 saturated heterocycles. The molecule has 0 spiro atoms. The SMILES string of the molecule is O=S(=O)(CCCl)c1nnc(C(F)(F)F)s1. The second kappa shape index (κ2) is 4.22. The first-order valence-electron chi connectivity index (χ1n) is 3.47. The quantitative estimate of drug-likeness (QED) is 0.789. The molecule has 1 aromatic rings. The van der Waals surface area contributed by atoms with Gasteiger partial charge in [0, 0.05) is 5.88 Å². The summed E-state index contributed by atoms with van der Waals surface area (Å²) in [4.78, 5) is 0. The van der Waals surface area contributed by atoms with Gasteiger partial charge in [-0.25, -0.2) is 8.42 Å². The Kier molecular flexibility index (Phi) is 3.56. The van der Waals surface area contributed by atoms with E-state index in [0.29, 0.717) is 0 Å². The van der Waals surface area contributed by atoms with Crippen LogP contribution in [0.3, 0.4) is 0 Å². The van der Waals surface area contributed by atoms with Crippen LogP contribution in [0.2, 0.25) is 0 Å². The van der Waals surface area contributed by atoms with E-state index in [9.17, 15) is 21.6 Å². The predicted octanol–water partition coefficient (Wildman–Crippen LogP) is 1.57. The Morgan fingerprint density at radius 1 is 1.33 bits per heavy atom. The summed E-state index contributed by atoms with van der Waals surface area (Å²) in [6, 6.07) is 0. The van der Waals surface area contributed by atoms with Gasteiger partial charge < -0.3 is 0 Å². The number of hydrogen-bond donors (Lipinski definition) is 0. The van der Waals surface area contributed by atoms with Crippen LogP contribution in [0, 0.1) is 0 Å². The minimum atomic E-state index is -4.67. The molecule has 0 N–H and O–H groups in total. The van der Waals surface area contributed by atoms with Gasteiger partial charge in [0.2, 0.25) is 19.2 Å². The zero-order valence-corrected chi connectivity index (χ0v) is 9.34.